The minimum Gasteiger partial charge on any atom is -0.481 e. The fourth-order valence-corrected chi connectivity index (χ4v) is 5.31. The third kappa shape index (κ3) is 3.46. The summed E-state index contributed by atoms with van der Waals surface area (Å²) in [6.45, 7) is 1.18. The Morgan fingerprint density at radius 2 is 1.88 bits per heavy atom. The molecule has 1 aliphatic heterocycles. The van der Waals surface area contributed by atoms with Crippen LogP contribution in [0.1, 0.15) is 57.8 Å². The number of hydrogen-bond donors (Lipinski definition) is 1. The van der Waals surface area contributed by atoms with Crippen LogP contribution in [0.4, 0.5) is 0 Å². The van der Waals surface area contributed by atoms with E-state index in [1.807, 2.05) is 4.90 Å². The number of rotatable bonds is 4. The van der Waals surface area contributed by atoms with Gasteiger partial charge in [0, 0.05) is 26.1 Å². The van der Waals surface area contributed by atoms with E-state index in [-0.39, 0.29) is 18.4 Å². The molecule has 3 aliphatic rings. The Morgan fingerprint density at radius 3 is 2.58 bits per heavy atom. The van der Waals surface area contributed by atoms with Crippen LogP contribution in [0.2, 0.25) is 0 Å². The van der Waals surface area contributed by atoms with Crippen LogP contribution >= 0.6 is 0 Å². The summed E-state index contributed by atoms with van der Waals surface area (Å²) in [5.41, 5.74) is -0.926. The van der Waals surface area contributed by atoms with Gasteiger partial charge in [-0.3, -0.25) is 9.59 Å². The molecular formula is C19H31NO4. The number of carboxylic acid groups (broad SMARTS) is 1. The standard InChI is InChI=1S/C19H31NO4/c1-24-13-19(18(22)23)9-4-10-20(12-19)17(21)16-8-7-14-5-2-3-6-15(14)11-16/h14-16H,2-13H2,1H3,(H,22,23). The van der Waals surface area contributed by atoms with Crippen molar-refractivity contribution < 1.29 is 19.4 Å². The number of hydrogen-bond acceptors (Lipinski definition) is 3. The van der Waals surface area contributed by atoms with Gasteiger partial charge in [-0.15, -0.1) is 0 Å². The van der Waals surface area contributed by atoms with Gasteiger partial charge in [0.2, 0.25) is 5.91 Å². The SMILES string of the molecule is COCC1(C(=O)O)CCCN(C(=O)C2CCC3CCCCC3C2)C1. The van der Waals surface area contributed by atoms with E-state index in [0.717, 1.165) is 31.1 Å². The smallest absolute Gasteiger partial charge is 0.313 e. The molecule has 1 N–H and O–H groups in total. The molecule has 1 heterocycles. The lowest BCUT2D eigenvalue weighted by atomic mass is 9.67. The van der Waals surface area contributed by atoms with Crippen LogP contribution in [0.3, 0.4) is 0 Å². The van der Waals surface area contributed by atoms with Crippen LogP contribution in [0.15, 0.2) is 0 Å². The number of methoxy groups -OCH3 is 1. The summed E-state index contributed by atoms with van der Waals surface area (Å²) in [7, 11) is 1.54. The average molecular weight is 337 g/mol. The van der Waals surface area contributed by atoms with Gasteiger partial charge >= 0.3 is 5.97 Å². The molecule has 5 nitrogen and oxygen atoms in total. The highest BCUT2D eigenvalue weighted by atomic mass is 16.5. The predicted octanol–water partition coefficient (Wildman–Crippen LogP) is 2.93. The molecule has 136 valence electrons. The zero-order valence-corrected chi connectivity index (χ0v) is 14.8. The first-order chi connectivity index (χ1) is 11.6. The lowest BCUT2D eigenvalue weighted by molar-refractivity contribution is -0.160. The number of carboxylic acids is 1. The van der Waals surface area contributed by atoms with Crippen LogP contribution in [0.5, 0.6) is 0 Å². The molecular weight excluding hydrogens is 306 g/mol. The third-order valence-electron chi connectivity index (χ3n) is 6.65. The van der Waals surface area contributed by atoms with Crippen molar-refractivity contribution in [2.24, 2.45) is 23.2 Å². The summed E-state index contributed by atoms with van der Waals surface area (Å²) >= 11 is 0. The van der Waals surface area contributed by atoms with Gasteiger partial charge in [0.05, 0.1) is 6.61 Å². The summed E-state index contributed by atoms with van der Waals surface area (Å²) in [6.07, 6.45) is 9.80. The maximum absolute atomic E-state index is 13.0. The van der Waals surface area contributed by atoms with E-state index in [1.54, 1.807) is 0 Å². The van der Waals surface area contributed by atoms with Gasteiger partial charge in [-0.05, 0) is 43.9 Å². The summed E-state index contributed by atoms with van der Waals surface area (Å²) < 4.78 is 5.17. The second kappa shape index (κ2) is 7.42. The molecule has 24 heavy (non-hydrogen) atoms. The zero-order chi connectivity index (χ0) is 17.2. The normalized spacial score (nSPS) is 36.9. The second-order valence-electron chi connectivity index (χ2n) is 8.20. The maximum atomic E-state index is 13.0. The molecule has 5 heteroatoms. The Hall–Kier alpha value is -1.10. The average Bonchev–Trinajstić information content (AvgIpc) is 2.61. The molecule has 3 fully saturated rings. The molecule has 4 unspecified atom stereocenters. The van der Waals surface area contributed by atoms with Gasteiger partial charge in [-0.2, -0.15) is 0 Å². The van der Waals surface area contributed by atoms with E-state index in [4.69, 9.17) is 4.74 Å². The number of fused-ring (bicyclic) bond motifs is 1. The van der Waals surface area contributed by atoms with Crippen molar-refractivity contribution in [2.45, 2.75) is 57.8 Å². The lowest BCUT2D eigenvalue weighted by Crippen LogP contribution is -2.53. The first-order valence-corrected chi connectivity index (χ1v) is 9.57. The molecule has 4 atom stereocenters. The van der Waals surface area contributed by atoms with Crippen molar-refractivity contribution >= 4 is 11.9 Å². The van der Waals surface area contributed by atoms with Crippen LogP contribution in [-0.2, 0) is 14.3 Å². The number of ether oxygens (including phenoxy) is 1. The number of nitrogens with zero attached hydrogens (tertiary/aromatic N) is 1. The monoisotopic (exact) mass is 337 g/mol. The number of aliphatic carboxylic acids is 1. The highest BCUT2D eigenvalue weighted by molar-refractivity contribution is 5.81. The summed E-state index contributed by atoms with van der Waals surface area (Å²) in [5.74, 6) is 1.01. The second-order valence-corrected chi connectivity index (χ2v) is 8.20. The molecule has 1 saturated heterocycles. The molecule has 1 amide bonds. The quantitative estimate of drug-likeness (QED) is 0.856. The highest BCUT2D eigenvalue weighted by Crippen LogP contribution is 2.43. The molecule has 0 radical (unpaired) electrons. The molecule has 0 spiro atoms. The molecule has 2 saturated carbocycles. The van der Waals surface area contributed by atoms with E-state index in [9.17, 15) is 14.7 Å². The Bertz CT molecular complexity index is 476. The Balaban J connectivity index is 1.65. The van der Waals surface area contributed by atoms with Crippen molar-refractivity contribution in [1.29, 1.82) is 0 Å². The zero-order valence-electron chi connectivity index (χ0n) is 14.8. The van der Waals surface area contributed by atoms with Gasteiger partial charge in [0.15, 0.2) is 0 Å². The third-order valence-corrected chi connectivity index (χ3v) is 6.65. The predicted molar refractivity (Wildman–Crippen MR) is 90.5 cm³/mol. The van der Waals surface area contributed by atoms with Crippen LogP contribution in [-0.4, -0.2) is 48.7 Å². The molecule has 0 aromatic heterocycles. The first kappa shape index (κ1) is 17.7. The highest BCUT2D eigenvalue weighted by Gasteiger charge is 2.45. The summed E-state index contributed by atoms with van der Waals surface area (Å²) in [6, 6.07) is 0. The molecule has 2 aliphatic carbocycles. The summed E-state index contributed by atoms with van der Waals surface area (Å²) in [4.78, 5) is 26.6. The van der Waals surface area contributed by atoms with Crippen LogP contribution in [0.25, 0.3) is 0 Å². The minimum absolute atomic E-state index is 0.108. The molecule has 3 rings (SSSR count). The largest absolute Gasteiger partial charge is 0.481 e. The van der Waals surface area contributed by atoms with Gasteiger partial charge in [-0.25, -0.2) is 0 Å². The lowest BCUT2D eigenvalue weighted by Gasteiger charge is -2.43. The maximum Gasteiger partial charge on any atom is 0.313 e. The minimum atomic E-state index is -0.926. The van der Waals surface area contributed by atoms with E-state index < -0.39 is 11.4 Å². The van der Waals surface area contributed by atoms with Gasteiger partial charge < -0.3 is 14.7 Å². The number of carbonyl (C=O) groups excluding carboxylic acids is 1. The number of piperidine rings is 1. The van der Waals surface area contributed by atoms with E-state index in [0.29, 0.717) is 19.5 Å². The van der Waals surface area contributed by atoms with E-state index in [1.165, 1.54) is 39.2 Å². The molecule has 0 aromatic rings. The van der Waals surface area contributed by atoms with Gasteiger partial charge in [0.1, 0.15) is 5.41 Å². The van der Waals surface area contributed by atoms with Gasteiger partial charge in [0.25, 0.3) is 0 Å². The van der Waals surface area contributed by atoms with Crippen molar-refractivity contribution in [2.75, 3.05) is 26.8 Å². The topological polar surface area (TPSA) is 66.8 Å². The fourth-order valence-electron chi connectivity index (χ4n) is 5.31. The Kier molecular flexibility index (Phi) is 5.48. The number of carbonyl (C=O) groups is 2. The van der Waals surface area contributed by atoms with E-state index in [2.05, 4.69) is 0 Å². The van der Waals surface area contributed by atoms with Crippen LogP contribution in [0, 0.1) is 23.2 Å². The van der Waals surface area contributed by atoms with Crippen molar-refractivity contribution in [3.8, 4) is 0 Å². The number of amides is 1. The van der Waals surface area contributed by atoms with Crippen molar-refractivity contribution in [1.82, 2.24) is 4.90 Å². The molecule has 0 aromatic carbocycles. The number of likely N-dealkylation sites (tertiary alicyclic amines) is 1. The first-order valence-electron chi connectivity index (χ1n) is 9.57. The van der Waals surface area contributed by atoms with Crippen molar-refractivity contribution in [3.63, 3.8) is 0 Å². The Labute approximate surface area is 144 Å². The molecule has 0 bridgehead atoms. The van der Waals surface area contributed by atoms with Crippen LogP contribution < -0.4 is 0 Å². The summed E-state index contributed by atoms with van der Waals surface area (Å²) in [5, 5.41) is 9.67. The van der Waals surface area contributed by atoms with Gasteiger partial charge in [-0.1, -0.05) is 25.7 Å². The Morgan fingerprint density at radius 1 is 1.12 bits per heavy atom. The fraction of sp³-hybridized carbons (Fsp3) is 0.895. The van der Waals surface area contributed by atoms with Crippen molar-refractivity contribution in [3.05, 3.63) is 0 Å². The van der Waals surface area contributed by atoms with E-state index >= 15 is 0 Å².